The first kappa shape index (κ1) is 14.6. The monoisotopic (exact) mass is 267 g/mol. The predicted molar refractivity (Wildman–Crippen MR) is 70.6 cm³/mol. The van der Waals surface area contributed by atoms with Gasteiger partial charge < -0.3 is 20.4 Å². The zero-order chi connectivity index (χ0) is 14.3. The molecule has 4 N–H and O–H groups in total. The number of nitrogens with zero attached hydrogens (tertiary/aromatic N) is 1. The van der Waals surface area contributed by atoms with Crippen LogP contribution in [0.15, 0.2) is 29.4 Å². The van der Waals surface area contributed by atoms with Gasteiger partial charge in [-0.25, -0.2) is 4.79 Å². The summed E-state index contributed by atoms with van der Waals surface area (Å²) in [6.45, 7) is 3.41. The lowest BCUT2D eigenvalue weighted by molar-refractivity contribution is 0.130. The summed E-state index contributed by atoms with van der Waals surface area (Å²) in [5.41, 5.74) is 5.74. The normalized spacial score (nSPS) is 11.2. The number of hydrogen-bond donors (Lipinski definition) is 3. The molecule has 0 saturated heterocycles. The fourth-order valence-corrected chi connectivity index (χ4v) is 1.23. The van der Waals surface area contributed by atoms with E-state index in [4.69, 9.17) is 20.4 Å². The molecule has 0 radical (unpaired) electrons. The van der Waals surface area contributed by atoms with E-state index in [0.717, 1.165) is 0 Å². The molecule has 0 aliphatic rings. The Morgan fingerprint density at radius 3 is 2.79 bits per heavy atom. The fraction of sp³-hybridized carbons (Fsp3) is 0.333. The van der Waals surface area contributed by atoms with E-state index in [2.05, 4.69) is 10.5 Å². The summed E-state index contributed by atoms with van der Waals surface area (Å²) in [5.74, 6) is 0.328. The van der Waals surface area contributed by atoms with Crippen LogP contribution in [0.4, 0.5) is 10.5 Å². The van der Waals surface area contributed by atoms with Gasteiger partial charge in [-0.05, 0) is 26.0 Å². The largest absolute Gasteiger partial charge is 0.483 e. The Balaban J connectivity index is 2.70. The average Bonchev–Trinajstić information content (AvgIpc) is 2.36. The molecule has 0 bridgehead atoms. The number of carbonyl (C=O) groups excluding carboxylic acids is 1. The molecule has 0 fully saturated rings. The van der Waals surface area contributed by atoms with Gasteiger partial charge in [0.2, 0.25) is 0 Å². The van der Waals surface area contributed by atoms with Gasteiger partial charge in [-0.3, -0.25) is 5.32 Å². The van der Waals surface area contributed by atoms with Gasteiger partial charge in [-0.15, -0.1) is 0 Å². The van der Waals surface area contributed by atoms with Gasteiger partial charge in [0.1, 0.15) is 12.4 Å². The van der Waals surface area contributed by atoms with Crippen molar-refractivity contribution in [2.75, 3.05) is 11.9 Å². The number of amides is 1. The molecule has 0 aromatic heterocycles. The van der Waals surface area contributed by atoms with Crippen LogP contribution in [-0.2, 0) is 4.74 Å². The summed E-state index contributed by atoms with van der Waals surface area (Å²) in [6, 6.07) is 6.78. The molecule has 1 amide bonds. The molecule has 1 rings (SSSR count). The van der Waals surface area contributed by atoms with E-state index >= 15 is 0 Å². The molecule has 1 aromatic rings. The van der Waals surface area contributed by atoms with Crippen molar-refractivity contribution < 1.29 is 19.5 Å². The van der Waals surface area contributed by atoms with Gasteiger partial charge in [0.15, 0.2) is 5.84 Å². The lowest BCUT2D eigenvalue weighted by Crippen LogP contribution is -2.22. The first-order chi connectivity index (χ1) is 9.02. The predicted octanol–water partition coefficient (Wildman–Crippen LogP) is 1.77. The van der Waals surface area contributed by atoms with Crippen molar-refractivity contribution in [3.8, 4) is 5.75 Å². The molecule has 1 aromatic carbocycles. The summed E-state index contributed by atoms with van der Waals surface area (Å²) in [7, 11) is 0. The van der Waals surface area contributed by atoms with Gasteiger partial charge in [-0.1, -0.05) is 17.3 Å². The van der Waals surface area contributed by atoms with E-state index in [0.29, 0.717) is 11.4 Å². The minimum Gasteiger partial charge on any atom is -0.483 e. The maximum Gasteiger partial charge on any atom is 0.411 e. The maximum atomic E-state index is 11.5. The Labute approximate surface area is 111 Å². The minimum absolute atomic E-state index is 0.0699. The molecule has 0 saturated carbocycles. The molecule has 0 spiro atoms. The second kappa shape index (κ2) is 7.10. The van der Waals surface area contributed by atoms with Gasteiger partial charge in [0.25, 0.3) is 0 Å². The number of rotatable bonds is 5. The number of oxime groups is 1. The highest BCUT2D eigenvalue weighted by molar-refractivity contribution is 5.87. The zero-order valence-corrected chi connectivity index (χ0v) is 10.8. The Morgan fingerprint density at radius 1 is 1.47 bits per heavy atom. The summed E-state index contributed by atoms with van der Waals surface area (Å²) < 4.78 is 10.3. The first-order valence-corrected chi connectivity index (χ1v) is 5.68. The summed E-state index contributed by atoms with van der Waals surface area (Å²) in [5, 5.41) is 13.8. The third-order valence-corrected chi connectivity index (χ3v) is 1.97. The number of ether oxygens (including phenoxy) is 2. The zero-order valence-electron chi connectivity index (χ0n) is 10.8. The quantitative estimate of drug-likeness (QED) is 0.326. The molecule has 19 heavy (non-hydrogen) atoms. The Hall–Kier alpha value is -2.44. The summed E-state index contributed by atoms with van der Waals surface area (Å²) in [6.07, 6.45) is -0.792. The Bertz CT molecular complexity index is 460. The highest BCUT2D eigenvalue weighted by Gasteiger charge is 2.10. The van der Waals surface area contributed by atoms with Crippen molar-refractivity contribution >= 4 is 17.6 Å². The standard InChI is InChI=1S/C12H17N3O4/c1-8(2)19-12(16)14-9-5-3-4-6-10(9)18-7-11(13)15-17/h3-6,8,17H,7H2,1-2H3,(H2,13,15)(H,14,16). The van der Waals surface area contributed by atoms with E-state index in [9.17, 15) is 4.79 Å². The third-order valence-electron chi connectivity index (χ3n) is 1.97. The fourth-order valence-electron chi connectivity index (χ4n) is 1.23. The molecule has 0 atom stereocenters. The molecule has 7 heteroatoms. The van der Waals surface area contributed by atoms with E-state index in [1.165, 1.54) is 0 Å². The Morgan fingerprint density at radius 2 is 2.16 bits per heavy atom. The number of nitrogens with two attached hydrogens (primary N) is 1. The highest BCUT2D eigenvalue weighted by Crippen LogP contribution is 2.23. The van der Waals surface area contributed by atoms with Crippen molar-refractivity contribution in [1.29, 1.82) is 0 Å². The molecular formula is C12H17N3O4. The first-order valence-electron chi connectivity index (χ1n) is 5.68. The van der Waals surface area contributed by atoms with Crippen molar-refractivity contribution in [3.05, 3.63) is 24.3 Å². The van der Waals surface area contributed by atoms with E-state index in [1.54, 1.807) is 38.1 Å². The van der Waals surface area contributed by atoms with E-state index in [-0.39, 0.29) is 18.5 Å². The van der Waals surface area contributed by atoms with Crippen molar-refractivity contribution in [2.24, 2.45) is 10.9 Å². The van der Waals surface area contributed by atoms with E-state index < -0.39 is 6.09 Å². The number of anilines is 1. The molecule has 0 unspecified atom stereocenters. The second-order valence-electron chi connectivity index (χ2n) is 3.96. The number of amidine groups is 1. The SMILES string of the molecule is CC(C)OC(=O)Nc1ccccc1OCC(N)=NO. The molecular weight excluding hydrogens is 250 g/mol. The van der Waals surface area contributed by atoms with Crippen molar-refractivity contribution in [2.45, 2.75) is 20.0 Å². The smallest absolute Gasteiger partial charge is 0.411 e. The average molecular weight is 267 g/mol. The number of nitrogens with one attached hydrogen (secondary N) is 1. The maximum absolute atomic E-state index is 11.5. The van der Waals surface area contributed by atoms with Crippen molar-refractivity contribution in [1.82, 2.24) is 0 Å². The Kier molecular flexibility index (Phi) is 5.46. The lowest BCUT2D eigenvalue weighted by atomic mass is 10.3. The van der Waals surface area contributed by atoms with Crippen LogP contribution in [0.2, 0.25) is 0 Å². The van der Waals surface area contributed by atoms with Crippen LogP contribution in [0.25, 0.3) is 0 Å². The number of para-hydroxylation sites is 2. The molecule has 0 aliphatic heterocycles. The summed E-state index contributed by atoms with van der Waals surface area (Å²) >= 11 is 0. The van der Waals surface area contributed by atoms with Gasteiger partial charge in [0.05, 0.1) is 11.8 Å². The minimum atomic E-state index is -0.574. The van der Waals surface area contributed by atoms with Crippen LogP contribution in [-0.4, -0.2) is 29.8 Å². The third kappa shape index (κ3) is 5.15. The van der Waals surface area contributed by atoms with Crippen LogP contribution >= 0.6 is 0 Å². The van der Waals surface area contributed by atoms with Gasteiger partial charge in [-0.2, -0.15) is 0 Å². The molecule has 0 aliphatic carbocycles. The lowest BCUT2D eigenvalue weighted by Gasteiger charge is -2.13. The van der Waals surface area contributed by atoms with Crippen LogP contribution in [0.1, 0.15) is 13.8 Å². The van der Waals surface area contributed by atoms with Crippen molar-refractivity contribution in [3.63, 3.8) is 0 Å². The number of carbonyl (C=O) groups is 1. The molecule has 0 heterocycles. The highest BCUT2D eigenvalue weighted by atomic mass is 16.6. The van der Waals surface area contributed by atoms with Crippen LogP contribution in [0.5, 0.6) is 5.75 Å². The number of hydrogen-bond acceptors (Lipinski definition) is 5. The topological polar surface area (TPSA) is 106 Å². The van der Waals surface area contributed by atoms with Crippen LogP contribution < -0.4 is 15.8 Å². The van der Waals surface area contributed by atoms with Gasteiger partial charge in [0, 0.05) is 0 Å². The second-order valence-corrected chi connectivity index (χ2v) is 3.96. The van der Waals surface area contributed by atoms with Gasteiger partial charge >= 0.3 is 6.09 Å². The van der Waals surface area contributed by atoms with E-state index in [1.807, 2.05) is 0 Å². The van der Waals surface area contributed by atoms with Crippen LogP contribution in [0, 0.1) is 0 Å². The number of benzene rings is 1. The van der Waals surface area contributed by atoms with Crippen LogP contribution in [0.3, 0.4) is 0 Å². The molecule has 104 valence electrons. The molecule has 7 nitrogen and oxygen atoms in total. The summed E-state index contributed by atoms with van der Waals surface area (Å²) in [4.78, 5) is 11.5.